The van der Waals surface area contributed by atoms with Crippen molar-refractivity contribution in [3.63, 3.8) is 0 Å². The summed E-state index contributed by atoms with van der Waals surface area (Å²) in [6.45, 7) is 0.710. The first-order valence-electron chi connectivity index (χ1n) is 8.72. The fourth-order valence-electron chi connectivity index (χ4n) is 2.46. The van der Waals surface area contributed by atoms with Gasteiger partial charge in [-0.15, -0.1) is 10.2 Å². The Morgan fingerprint density at radius 3 is 2.50 bits per heavy atom. The lowest BCUT2D eigenvalue weighted by molar-refractivity contribution is -0.261. The van der Waals surface area contributed by atoms with E-state index in [0.29, 0.717) is 19.8 Å². The van der Waals surface area contributed by atoms with Crippen molar-refractivity contribution in [1.29, 1.82) is 0 Å². The SMILES string of the molecule is C[C@@H](Oc1ncc(-c2ccc3nnc(C(F)(F)OC4CC4)n3n2)cc1F)C(F)(F)F. The molecule has 160 valence electrons. The summed E-state index contributed by atoms with van der Waals surface area (Å²) in [7, 11) is 0. The van der Waals surface area contributed by atoms with Crippen LogP contribution in [-0.2, 0) is 10.8 Å². The molecule has 0 bridgehead atoms. The number of fused-ring (bicyclic) bond motifs is 1. The first-order valence-corrected chi connectivity index (χ1v) is 8.72. The maximum Gasteiger partial charge on any atom is 0.425 e. The fraction of sp³-hybridized carbons (Fsp3) is 0.412. The van der Waals surface area contributed by atoms with E-state index in [-0.39, 0.29) is 16.9 Å². The van der Waals surface area contributed by atoms with E-state index >= 15 is 0 Å². The summed E-state index contributed by atoms with van der Waals surface area (Å²) in [6, 6.07) is 3.51. The molecule has 0 aliphatic heterocycles. The molecule has 0 spiro atoms. The highest BCUT2D eigenvalue weighted by molar-refractivity contribution is 5.59. The quantitative estimate of drug-likeness (QED) is 0.550. The Hall–Kier alpha value is -2.96. The molecule has 13 heteroatoms. The molecule has 3 aromatic rings. The average Bonchev–Trinajstić information content (AvgIpc) is 3.35. The largest absolute Gasteiger partial charge is 0.463 e. The van der Waals surface area contributed by atoms with Gasteiger partial charge < -0.3 is 9.47 Å². The van der Waals surface area contributed by atoms with Crippen molar-refractivity contribution in [2.45, 2.75) is 44.3 Å². The minimum atomic E-state index is -4.70. The molecule has 1 aliphatic carbocycles. The van der Waals surface area contributed by atoms with Crippen molar-refractivity contribution in [1.82, 2.24) is 24.8 Å². The van der Waals surface area contributed by atoms with Gasteiger partial charge in [-0.25, -0.2) is 9.37 Å². The van der Waals surface area contributed by atoms with Gasteiger partial charge in [0.2, 0.25) is 0 Å². The van der Waals surface area contributed by atoms with Crippen LogP contribution in [0.5, 0.6) is 5.88 Å². The van der Waals surface area contributed by atoms with E-state index in [1.165, 1.54) is 12.1 Å². The average molecular weight is 433 g/mol. The Kier molecular flexibility index (Phi) is 4.79. The maximum absolute atomic E-state index is 14.3. The Morgan fingerprint density at radius 2 is 1.87 bits per heavy atom. The Bertz CT molecular complexity index is 1080. The Labute approximate surface area is 164 Å². The predicted octanol–water partition coefficient (Wildman–Crippen LogP) is 3.88. The van der Waals surface area contributed by atoms with Crippen molar-refractivity contribution in [2.75, 3.05) is 0 Å². The van der Waals surface area contributed by atoms with Crippen LogP contribution in [0.3, 0.4) is 0 Å². The second-order valence-corrected chi connectivity index (χ2v) is 6.66. The number of halogens is 6. The minimum Gasteiger partial charge on any atom is -0.463 e. The van der Waals surface area contributed by atoms with Crippen molar-refractivity contribution < 1.29 is 35.8 Å². The van der Waals surface area contributed by atoms with Crippen LogP contribution < -0.4 is 4.74 Å². The van der Waals surface area contributed by atoms with Crippen molar-refractivity contribution in [3.8, 4) is 17.1 Å². The highest BCUT2D eigenvalue weighted by Crippen LogP contribution is 2.37. The summed E-state index contributed by atoms with van der Waals surface area (Å²) < 4.78 is 90.5. The Morgan fingerprint density at radius 1 is 1.13 bits per heavy atom. The van der Waals surface area contributed by atoms with Crippen LogP contribution in [-0.4, -0.2) is 43.2 Å². The van der Waals surface area contributed by atoms with Gasteiger partial charge in [0.1, 0.15) is 0 Å². The van der Waals surface area contributed by atoms with Crippen LogP contribution in [0.15, 0.2) is 24.4 Å². The molecule has 0 saturated heterocycles. The smallest absolute Gasteiger partial charge is 0.425 e. The van der Waals surface area contributed by atoms with E-state index in [9.17, 15) is 26.3 Å². The van der Waals surface area contributed by atoms with Crippen molar-refractivity contribution >= 4 is 5.65 Å². The van der Waals surface area contributed by atoms with Crippen molar-refractivity contribution in [3.05, 3.63) is 36.0 Å². The molecule has 4 rings (SSSR count). The molecule has 0 radical (unpaired) electrons. The molecule has 0 amide bonds. The molecule has 3 aromatic heterocycles. The van der Waals surface area contributed by atoms with Crippen LogP contribution in [0.2, 0.25) is 0 Å². The lowest BCUT2D eigenvalue weighted by Gasteiger charge is -2.17. The van der Waals surface area contributed by atoms with Gasteiger partial charge in [0.15, 0.2) is 17.6 Å². The monoisotopic (exact) mass is 433 g/mol. The molecular formula is C17H13F6N5O2. The third-order valence-corrected chi connectivity index (χ3v) is 4.21. The van der Waals surface area contributed by atoms with Crippen LogP contribution >= 0.6 is 0 Å². The van der Waals surface area contributed by atoms with E-state index in [1.54, 1.807) is 0 Å². The van der Waals surface area contributed by atoms with Gasteiger partial charge in [-0.05, 0) is 38.0 Å². The summed E-state index contributed by atoms with van der Waals surface area (Å²) in [5, 5.41) is 11.0. The molecular weight excluding hydrogens is 420 g/mol. The van der Waals surface area contributed by atoms with Gasteiger partial charge in [0.05, 0.1) is 11.8 Å². The number of rotatable bonds is 6. The fourth-order valence-corrected chi connectivity index (χ4v) is 2.46. The lowest BCUT2D eigenvalue weighted by atomic mass is 10.2. The first kappa shape index (κ1) is 20.3. The van der Waals surface area contributed by atoms with Crippen LogP contribution in [0, 0.1) is 5.82 Å². The van der Waals surface area contributed by atoms with Crippen LogP contribution in [0.4, 0.5) is 26.3 Å². The topological polar surface area (TPSA) is 74.4 Å². The summed E-state index contributed by atoms with van der Waals surface area (Å²) >= 11 is 0. The third kappa shape index (κ3) is 4.01. The van der Waals surface area contributed by atoms with Gasteiger partial charge in [-0.1, -0.05) is 0 Å². The second-order valence-electron chi connectivity index (χ2n) is 6.66. The summed E-state index contributed by atoms with van der Waals surface area (Å²) in [4.78, 5) is 3.54. The summed E-state index contributed by atoms with van der Waals surface area (Å²) in [6.07, 6.45) is -9.24. The number of pyridine rings is 1. The number of alkyl halides is 5. The van der Waals surface area contributed by atoms with Crippen LogP contribution in [0.1, 0.15) is 25.6 Å². The van der Waals surface area contributed by atoms with Gasteiger partial charge in [-0.3, -0.25) is 0 Å². The molecule has 3 heterocycles. The molecule has 0 N–H and O–H groups in total. The standard InChI is InChI=1S/C17H13F6N5O2/c1-8(16(19,20)21)29-14-11(18)6-9(7-24-14)12-4-5-13-25-26-15(28(13)27-12)17(22,23)30-10-2-3-10/h4-8,10H,2-3H2,1H3/t8-/m1/s1. The van der Waals surface area contributed by atoms with Crippen LogP contribution in [0.25, 0.3) is 16.9 Å². The molecule has 0 unspecified atom stereocenters. The number of aromatic nitrogens is 5. The minimum absolute atomic E-state index is 0.000193. The number of hydrogen-bond donors (Lipinski definition) is 0. The number of hydrogen-bond acceptors (Lipinski definition) is 6. The highest BCUT2D eigenvalue weighted by atomic mass is 19.4. The molecule has 7 nitrogen and oxygen atoms in total. The van der Waals surface area contributed by atoms with E-state index < -0.39 is 42.0 Å². The zero-order valence-electron chi connectivity index (χ0n) is 15.2. The maximum atomic E-state index is 14.3. The number of nitrogens with zero attached hydrogens (tertiary/aromatic N) is 5. The van der Waals surface area contributed by atoms with E-state index in [4.69, 9.17) is 0 Å². The zero-order valence-corrected chi connectivity index (χ0v) is 15.2. The molecule has 1 aliphatic rings. The predicted molar refractivity (Wildman–Crippen MR) is 88.1 cm³/mol. The summed E-state index contributed by atoms with van der Waals surface area (Å²) in [5.74, 6) is -2.87. The zero-order chi connectivity index (χ0) is 21.7. The molecule has 30 heavy (non-hydrogen) atoms. The molecule has 1 saturated carbocycles. The van der Waals surface area contributed by atoms with E-state index in [2.05, 4.69) is 29.8 Å². The van der Waals surface area contributed by atoms with Crippen molar-refractivity contribution in [2.24, 2.45) is 0 Å². The molecule has 1 fully saturated rings. The summed E-state index contributed by atoms with van der Waals surface area (Å²) in [5.41, 5.74) is 0.0280. The molecule has 0 aromatic carbocycles. The second kappa shape index (κ2) is 7.07. The lowest BCUT2D eigenvalue weighted by Crippen LogP contribution is -2.31. The first-order chi connectivity index (χ1) is 14.0. The Balaban J connectivity index is 1.64. The van der Waals surface area contributed by atoms with Gasteiger partial charge in [-0.2, -0.15) is 31.6 Å². The van der Waals surface area contributed by atoms with Gasteiger partial charge >= 0.3 is 12.3 Å². The van der Waals surface area contributed by atoms with E-state index in [0.717, 1.165) is 16.8 Å². The van der Waals surface area contributed by atoms with E-state index in [1.807, 2.05) is 0 Å². The number of ether oxygens (including phenoxy) is 2. The molecule has 1 atom stereocenters. The van der Waals surface area contributed by atoms with Gasteiger partial charge in [0, 0.05) is 11.8 Å². The van der Waals surface area contributed by atoms with Gasteiger partial charge in [0.25, 0.3) is 11.7 Å². The third-order valence-electron chi connectivity index (χ3n) is 4.21. The normalized spacial score (nSPS) is 16.1. The highest BCUT2D eigenvalue weighted by Gasteiger charge is 2.44.